The quantitative estimate of drug-likeness (QED) is 0.314. The molecule has 9 heteroatoms. The minimum Gasteiger partial charge on any atom is -0.495 e. The molecule has 0 saturated carbocycles. The van der Waals surface area contributed by atoms with Gasteiger partial charge in [-0.05, 0) is 17.7 Å². The van der Waals surface area contributed by atoms with Gasteiger partial charge in [0.2, 0.25) is 17.0 Å². The zero-order valence-corrected chi connectivity index (χ0v) is 15.4. The number of para-hydroxylation sites is 2. The molecule has 0 radical (unpaired) electrons. The maximum Gasteiger partial charge on any atom is 0.240 e. The highest BCUT2D eigenvalue weighted by atomic mass is 32.2. The van der Waals surface area contributed by atoms with Crippen LogP contribution in [0.4, 0.5) is 11.6 Å². The van der Waals surface area contributed by atoms with Crippen LogP contribution in [0, 0.1) is 0 Å². The Balaban J connectivity index is 1.47. The van der Waals surface area contributed by atoms with E-state index in [0.717, 1.165) is 5.56 Å². The van der Waals surface area contributed by atoms with E-state index in [1.165, 1.54) is 11.8 Å². The Bertz CT molecular complexity index is 913. The lowest BCUT2D eigenvalue weighted by molar-refractivity contribution is -0.113. The highest BCUT2D eigenvalue weighted by Crippen LogP contribution is 2.23. The minimum atomic E-state index is -0.175. The lowest BCUT2D eigenvalue weighted by atomic mass is 10.2. The van der Waals surface area contributed by atoms with Crippen molar-refractivity contribution in [1.82, 2.24) is 15.2 Å². The Morgan fingerprint density at radius 2 is 2.00 bits per heavy atom. The molecule has 2 aromatic carbocycles. The van der Waals surface area contributed by atoms with Gasteiger partial charge in [0, 0.05) is 0 Å². The number of hydrogen-bond donors (Lipinski definition) is 3. The zero-order valence-electron chi connectivity index (χ0n) is 14.5. The molecule has 3 N–H and O–H groups in total. The topological polar surface area (TPSA) is 104 Å². The molecule has 0 spiro atoms. The monoisotopic (exact) mass is 382 g/mol. The maximum atomic E-state index is 12.1. The van der Waals surface area contributed by atoms with Crippen molar-refractivity contribution in [3.05, 3.63) is 60.2 Å². The van der Waals surface area contributed by atoms with E-state index in [1.807, 2.05) is 42.5 Å². The van der Waals surface area contributed by atoms with Gasteiger partial charge in [-0.3, -0.25) is 4.79 Å². The summed E-state index contributed by atoms with van der Waals surface area (Å²) in [7, 11) is 1.56. The normalized spacial score (nSPS) is 10.7. The summed E-state index contributed by atoms with van der Waals surface area (Å²) < 4.78 is 5.21. The van der Waals surface area contributed by atoms with Crippen LogP contribution in [0.5, 0.6) is 5.75 Å². The number of hydrogen-bond acceptors (Lipinski definition) is 7. The lowest BCUT2D eigenvalue weighted by Crippen LogP contribution is -2.14. The summed E-state index contributed by atoms with van der Waals surface area (Å²) in [6.45, 7) is 0. The van der Waals surface area contributed by atoms with Crippen LogP contribution in [0.25, 0.3) is 0 Å². The van der Waals surface area contributed by atoms with Crippen LogP contribution in [0.2, 0.25) is 0 Å². The largest absolute Gasteiger partial charge is 0.495 e. The number of aromatic amines is 1. The SMILES string of the molecule is COc1ccccc1NC(=O)CSc1n[nH]c(N/N=C\c2ccccc2)n1. The Morgan fingerprint density at radius 3 is 2.81 bits per heavy atom. The number of hydrazone groups is 1. The number of thioether (sulfide) groups is 1. The number of anilines is 2. The smallest absolute Gasteiger partial charge is 0.240 e. The van der Waals surface area contributed by atoms with Crippen LogP contribution < -0.4 is 15.5 Å². The second kappa shape index (κ2) is 9.39. The van der Waals surface area contributed by atoms with Crippen molar-refractivity contribution in [3.8, 4) is 5.75 Å². The first kappa shape index (κ1) is 18.5. The van der Waals surface area contributed by atoms with E-state index < -0.39 is 0 Å². The number of carbonyl (C=O) groups excluding carboxylic acids is 1. The number of H-pyrrole nitrogens is 1. The fraction of sp³-hybridized carbons (Fsp3) is 0.111. The Morgan fingerprint density at radius 1 is 1.22 bits per heavy atom. The third-order valence-corrected chi connectivity index (χ3v) is 4.21. The Kier molecular flexibility index (Phi) is 6.42. The molecule has 0 aliphatic rings. The van der Waals surface area contributed by atoms with Gasteiger partial charge in [0.15, 0.2) is 0 Å². The van der Waals surface area contributed by atoms with Crippen LogP contribution in [-0.4, -0.2) is 40.2 Å². The van der Waals surface area contributed by atoms with Gasteiger partial charge >= 0.3 is 0 Å². The summed E-state index contributed by atoms with van der Waals surface area (Å²) in [5, 5.41) is 14.1. The van der Waals surface area contributed by atoms with E-state index >= 15 is 0 Å². The van der Waals surface area contributed by atoms with Crippen molar-refractivity contribution < 1.29 is 9.53 Å². The van der Waals surface area contributed by atoms with Gasteiger partial charge < -0.3 is 10.1 Å². The van der Waals surface area contributed by atoms with Gasteiger partial charge in [0.05, 0.1) is 24.8 Å². The molecule has 1 amide bonds. The zero-order chi connectivity index (χ0) is 18.9. The molecule has 0 aliphatic heterocycles. The molecule has 0 bridgehead atoms. The Labute approximate surface area is 160 Å². The molecule has 0 saturated heterocycles. The summed E-state index contributed by atoms with van der Waals surface area (Å²) in [5.41, 5.74) is 4.35. The Hall–Kier alpha value is -3.33. The standard InChI is InChI=1S/C18H18N6O2S/c1-26-15-10-6-5-9-14(15)20-16(25)12-27-18-21-17(23-24-18)22-19-11-13-7-3-2-4-8-13/h2-11H,12H2,1H3,(H,20,25)(H2,21,22,23,24)/b19-11-. The number of amides is 1. The number of aromatic nitrogens is 3. The molecule has 0 unspecified atom stereocenters. The van der Waals surface area contributed by atoms with Crippen molar-refractivity contribution >= 4 is 35.5 Å². The third kappa shape index (κ3) is 5.58. The second-order valence-electron chi connectivity index (χ2n) is 5.28. The molecule has 0 fully saturated rings. The number of carbonyl (C=O) groups is 1. The number of nitrogens with one attached hydrogen (secondary N) is 3. The van der Waals surface area contributed by atoms with Crippen molar-refractivity contribution in [2.75, 3.05) is 23.6 Å². The number of nitrogens with zero attached hydrogens (tertiary/aromatic N) is 3. The van der Waals surface area contributed by atoms with Crippen LogP contribution in [-0.2, 0) is 4.79 Å². The van der Waals surface area contributed by atoms with E-state index in [-0.39, 0.29) is 11.7 Å². The summed E-state index contributed by atoms with van der Waals surface area (Å²) in [6.07, 6.45) is 1.68. The second-order valence-corrected chi connectivity index (χ2v) is 6.23. The number of benzene rings is 2. The van der Waals surface area contributed by atoms with Gasteiger partial charge in [-0.1, -0.05) is 54.2 Å². The van der Waals surface area contributed by atoms with Gasteiger partial charge in [-0.2, -0.15) is 10.1 Å². The van der Waals surface area contributed by atoms with E-state index in [4.69, 9.17) is 4.74 Å². The molecule has 3 rings (SSSR count). The predicted octanol–water partition coefficient (Wildman–Crippen LogP) is 2.99. The first-order chi connectivity index (χ1) is 13.2. The summed E-state index contributed by atoms with van der Waals surface area (Å²) in [5.74, 6) is 1.00. The first-order valence-electron chi connectivity index (χ1n) is 8.07. The highest BCUT2D eigenvalue weighted by molar-refractivity contribution is 7.99. The van der Waals surface area contributed by atoms with Crippen LogP contribution in [0.3, 0.4) is 0 Å². The van der Waals surface area contributed by atoms with Crippen LogP contribution in [0.1, 0.15) is 5.56 Å². The number of ether oxygens (including phenoxy) is 1. The van der Waals surface area contributed by atoms with Crippen molar-refractivity contribution in [1.29, 1.82) is 0 Å². The van der Waals surface area contributed by atoms with Crippen molar-refractivity contribution in [2.24, 2.45) is 5.10 Å². The summed E-state index contributed by atoms with van der Waals surface area (Å²) >= 11 is 1.21. The summed E-state index contributed by atoms with van der Waals surface area (Å²) in [4.78, 5) is 16.3. The molecular weight excluding hydrogens is 364 g/mol. The molecule has 27 heavy (non-hydrogen) atoms. The molecular formula is C18H18N6O2S. The van der Waals surface area contributed by atoms with Crippen molar-refractivity contribution in [3.63, 3.8) is 0 Å². The van der Waals surface area contributed by atoms with Crippen LogP contribution in [0.15, 0.2) is 64.9 Å². The minimum absolute atomic E-state index is 0.169. The van der Waals surface area contributed by atoms with Gasteiger partial charge in [0.25, 0.3) is 0 Å². The van der Waals surface area contributed by atoms with E-state index in [1.54, 1.807) is 25.5 Å². The maximum absolute atomic E-state index is 12.1. The molecule has 1 aromatic heterocycles. The van der Waals surface area contributed by atoms with Gasteiger partial charge in [-0.15, -0.1) is 5.10 Å². The highest BCUT2D eigenvalue weighted by Gasteiger charge is 2.10. The van der Waals surface area contributed by atoms with Gasteiger partial charge in [0.1, 0.15) is 5.75 Å². The van der Waals surface area contributed by atoms with Gasteiger partial charge in [-0.25, -0.2) is 10.5 Å². The fourth-order valence-electron chi connectivity index (χ4n) is 2.13. The molecule has 8 nitrogen and oxygen atoms in total. The predicted molar refractivity (Wildman–Crippen MR) is 106 cm³/mol. The number of methoxy groups -OCH3 is 1. The molecule has 138 valence electrons. The van der Waals surface area contributed by atoms with E-state index in [9.17, 15) is 4.79 Å². The summed E-state index contributed by atoms with van der Waals surface area (Å²) in [6, 6.07) is 16.9. The third-order valence-electron chi connectivity index (χ3n) is 3.36. The van der Waals surface area contributed by atoms with E-state index in [0.29, 0.717) is 22.5 Å². The fourth-order valence-corrected chi connectivity index (χ4v) is 2.73. The van der Waals surface area contributed by atoms with E-state index in [2.05, 4.69) is 31.0 Å². The van der Waals surface area contributed by atoms with Crippen LogP contribution >= 0.6 is 11.8 Å². The average Bonchev–Trinajstić information content (AvgIpc) is 3.15. The molecule has 0 aliphatic carbocycles. The molecule has 0 atom stereocenters. The molecule has 3 aromatic rings. The first-order valence-corrected chi connectivity index (χ1v) is 9.05. The van der Waals surface area contributed by atoms with Crippen molar-refractivity contribution in [2.45, 2.75) is 5.16 Å². The average molecular weight is 382 g/mol. The molecule has 1 heterocycles. The lowest BCUT2D eigenvalue weighted by Gasteiger charge is -2.08. The number of rotatable bonds is 8.